The van der Waals surface area contributed by atoms with Crippen molar-refractivity contribution in [2.45, 2.75) is 26.2 Å². The summed E-state index contributed by atoms with van der Waals surface area (Å²) in [5.74, 6) is -0.194. The van der Waals surface area contributed by atoms with Gasteiger partial charge in [-0.3, -0.25) is 19.3 Å². The maximum absolute atomic E-state index is 12.5. The van der Waals surface area contributed by atoms with Gasteiger partial charge in [-0.1, -0.05) is 17.7 Å². The molecular formula is C18H20N2O3. The molecule has 1 aromatic carbocycles. The van der Waals surface area contributed by atoms with Gasteiger partial charge in [0, 0.05) is 5.69 Å². The molecule has 1 N–H and O–H groups in total. The van der Waals surface area contributed by atoms with Gasteiger partial charge in [-0.05, 0) is 50.2 Å². The van der Waals surface area contributed by atoms with E-state index in [9.17, 15) is 14.4 Å². The predicted octanol–water partition coefficient (Wildman–Crippen LogP) is 1.96. The van der Waals surface area contributed by atoms with Crippen molar-refractivity contribution in [1.29, 1.82) is 0 Å². The topological polar surface area (TPSA) is 66.5 Å². The number of hydrogen-bond donors (Lipinski definition) is 1. The summed E-state index contributed by atoms with van der Waals surface area (Å²) in [7, 11) is 0. The smallest absolute Gasteiger partial charge is 0.244 e. The maximum atomic E-state index is 12.5. The Morgan fingerprint density at radius 2 is 1.65 bits per heavy atom. The van der Waals surface area contributed by atoms with Crippen LogP contribution in [0.2, 0.25) is 0 Å². The van der Waals surface area contributed by atoms with Crippen molar-refractivity contribution in [3.05, 3.63) is 29.8 Å². The highest BCUT2D eigenvalue weighted by molar-refractivity contribution is 6.09. The second-order valence-corrected chi connectivity index (χ2v) is 7.06. The van der Waals surface area contributed by atoms with Crippen LogP contribution in [0.25, 0.3) is 0 Å². The summed E-state index contributed by atoms with van der Waals surface area (Å²) in [4.78, 5) is 38.5. The summed E-state index contributed by atoms with van der Waals surface area (Å²) in [6.07, 6.45) is 3.11. The van der Waals surface area contributed by atoms with E-state index in [-0.39, 0.29) is 36.1 Å². The zero-order valence-corrected chi connectivity index (χ0v) is 13.1. The predicted molar refractivity (Wildman–Crippen MR) is 84.3 cm³/mol. The molecule has 4 atom stereocenters. The van der Waals surface area contributed by atoms with Gasteiger partial charge >= 0.3 is 0 Å². The monoisotopic (exact) mass is 312 g/mol. The van der Waals surface area contributed by atoms with Crippen molar-refractivity contribution >= 4 is 23.4 Å². The van der Waals surface area contributed by atoms with Crippen LogP contribution in [0.4, 0.5) is 5.69 Å². The number of anilines is 1. The summed E-state index contributed by atoms with van der Waals surface area (Å²) in [6, 6.07) is 7.44. The molecule has 0 spiro atoms. The minimum atomic E-state index is -0.317. The highest BCUT2D eigenvalue weighted by Crippen LogP contribution is 2.56. The molecule has 5 heteroatoms. The first-order chi connectivity index (χ1) is 11.0. The van der Waals surface area contributed by atoms with Crippen LogP contribution >= 0.6 is 0 Å². The van der Waals surface area contributed by atoms with E-state index in [0.717, 1.165) is 24.8 Å². The van der Waals surface area contributed by atoms with Gasteiger partial charge < -0.3 is 5.32 Å². The lowest BCUT2D eigenvalue weighted by Crippen LogP contribution is -2.39. The molecule has 0 radical (unpaired) electrons. The molecule has 2 aliphatic carbocycles. The van der Waals surface area contributed by atoms with Gasteiger partial charge in [0.1, 0.15) is 6.54 Å². The molecule has 2 bridgehead atoms. The van der Waals surface area contributed by atoms with E-state index in [1.165, 1.54) is 4.90 Å². The highest BCUT2D eigenvalue weighted by atomic mass is 16.2. The second-order valence-electron chi connectivity index (χ2n) is 7.06. The number of benzene rings is 1. The third kappa shape index (κ3) is 2.26. The highest BCUT2D eigenvalue weighted by Gasteiger charge is 2.60. The van der Waals surface area contributed by atoms with Crippen molar-refractivity contribution in [2.75, 3.05) is 11.9 Å². The van der Waals surface area contributed by atoms with Crippen LogP contribution in [-0.4, -0.2) is 29.2 Å². The Labute approximate surface area is 135 Å². The van der Waals surface area contributed by atoms with Crippen molar-refractivity contribution < 1.29 is 14.4 Å². The molecule has 1 heterocycles. The minimum Gasteiger partial charge on any atom is -0.325 e. The van der Waals surface area contributed by atoms with Gasteiger partial charge in [-0.15, -0.1) is 0 Å². The molecule has 3 aliphatic rings. The number of carbonyl (C=O) groups is 3. The lowest BCUT2D eigenvalue weighted by atomic mass is 9.81. The molecule has 120 valence electrons. The molecule has 3 amide bonds. The number of carbonyl (C=O) groups excluding carboxylic acids is 3. The molecule has 2 saturated carbocycles. The van der Waals surface area contributed by atoms with Crippen LogP contribution in [0.1, 0.15) is 24.8 Å². The third-order valence-corrected chi connectivity index (χ3v) is 5.66. The van der Waals surface area contributed by atoms with Crippen molar-refractivity contribution in [3.8, 4) is 0 Å². The molecule has 23 heavy (non-hydrogen) atoms. The normalized spacial score (nSPS) is 31.6. The van der Waals surface area contributed by atoms with Gasteiger partial charge in [0.2, 0.25) is 17.7 Å². The van der Waals surface area contributed by atoms with E-state index < -0.39 is 0 Å². The van der Waals surface area contributed by atoms with Crippen LogP contribution in [0, 0.1) is 30.6 Å². The van der Waals surface area contributed by atoms with Gasteiger partial charge in [0.25, 0.3) is 0 Å². The Morgan fingerprint density at radius 3 is 2.22 bits per heavy atom. The van der Waals surface area contributed by atoms with E-state index >= 15 is 0 Å². The van der Waals surface area contributed by atoms with Crippen molar-refractivity contribution in [1.82, 2.24) is 4.90 Å². The van der Waals surface area contributed by atoms with Gasteiger partial charge in [0.15, 0.2) is 0 Å². The average molecular weight is 312 g/mol. The van der Waals surface area contributed by atoms with Crippen LogP contribution in [0.5, 0.6) is 0 Å². The average Bonchev–Trinajstić information content (AvgIpc) is 3.19. The van der Waals surface area contributed by atoms with E-state index in [4.69, 9.17) is 0 Å². The number of nitrogens with zero attached hydrogens (tertiary/aromatic N) is 1. The molecular weight excluding hydrogens is 292 g/mol. The first-order valence-corrected chi connectivity index (χ1v) is 8.26. The molecule has 3 fully saturated rings. The zero-order chi connectivity index (χ0) is 16.1. The van der Waals surface area contributed by atoms with E-state index in [2.05, 4.69) is 5.32 Å². The zero-order valence-electron chi connectivity index (χ0n) is 13.1. The molecule has 1 aliphatic heterocycles. The lowest BCUT2D eigenvalue weighted by molar-refractivity contribution is -0.143. The Bertz CT molecular complexity index is 654. The Hall–Kier alpha value is -2.17. The number of fused-ring (bicyclic) bond motifs is 5. The molecule has 1 aromatic rings. The minimum absolute atomic E-state index is 0.133. The quantitative estimate of drug-likeness (QED) is 0.868. The number of hydrogen-bond acceptors (Lipinski definition) is 3. The summed E-state index contributed by atoms with van der Waals surface area (Å²) in [6.45, 7) is 1.80. The summed E-state index contributed by atoms with van der Waals surface area (Å²) in [5, 5.41) is 2.76. The third-order valence-electron chi connectivity index (χ3n) is 5.66. The Kier molecular flexibility index (Phi) is 3.25. The summed E-state index contributed by atoms with van der Waals surface area (Å²) in [5.41, 5.74) is 1.79. The molecule has 2 unspecified atom stereocenters. The molecule has 0 aromatic heterocycles. The first kappa shape index (κ1) is 14.4. The molecule has 4 rings (SSSR count). The number of imide groups is 1. The number of nitrogens with one attached hydrogen (secondary N) is 1. The van der Waals surface area contributed by atoms with Crippen LogP contribution in [-0.2, 0) is 14.4 Å². The van der Waals surface area contributed by atoms with Gasteiger partial charge in [-0.25, -0.2) is 0 Å². The van der Waals surface area contributed by atoms with E-state index in [0.29, 0.717) is 17.5 Å². The number of likely N-dealkylation sites (tertiary alicyclic amines) is 1. The summed E-state index contributed by atoms with van der Waals surface area (Å²) >= 11 is 0. The van der Waals surface area contributed by atoms with Gasteiger partial charge in [0.05, 0.1) is 11.8 Å². The van der Waals surface area contributed by atoms with E-state index in [1.54, 1.807) is 0 Å². The van der Waals surface area contributed by atoms with E-state index in [1.807, 2.05) is 31.2 Å². The van der Waals surface area contributed by atoms with Crippen LogP contribution in [0.3, 0.4) is 0 Å². The molecule has 5 nitrogen and oxygen atoms in total. The van der Waals surface area contributed by atoms with Gasteiger partial charge in [-0.2, -0.15) is 0 Å². The fourth-order valence-corrected chi connectivity index (χ4v) is 4.61. The SMILES string of the molecule is Cc1ccc(NC(=O)CN2C(=O)C3C(C2=O)[C@H]2CC[C@@H]3C2)cc1. The molecule has 1 saturated heterocycles. The lowest BCUT2D eigenvalue weighted by Gasteiger charge is -2.19. The maximum Gasteiger partial charge on any atom is 0.244 e. The summed E-state index contributed by atoms with van der Waals surface area (Å²) < 4.78 is 0. The second kappa shape index (κ2) is 5.18. The number of rotatable bonds is 3. The van der Waals surface area contributed by atoms with Crippen LogP contribution in [0.15, 0.2) is 24.3 Å². The number of amides is 3. The Balaban J connectivity index is 1.44. The largest absolute Gasteiger partial charge is 0.325 e. The van der Waals surface area contributed by atoms with Crippen molar-refractivity contribution in [3.63, 3.8) is 0 Å². The van der Waals surface area contributed by atoms with Crippen LogP contribution < -0.4 is 5.32 Å². The standard InChI is InChI=1S/C18H20N2O3/c1-10-2-6-13(7-3-10)19-14(21)9-20-17(22)15-11-4-5-12(8-11)16(15)18(20)23/h2-3,6-7,11-12,15-16H,4-5,8-9H2,1H3,(H,19,21)/t11-,12+,15?,16?. The fraction of sp³-hybridized carbons (Fsp3) is 0.500. The first-order valence-electron chi connectivity index (χ1n) is 8.26. The Morgan fingerprint density at radius 1 is 1.09 bits per heavy atom. The number of aryl methyl sites for hydroxylation is 1. The fourth-order valence-electron chi connectivity index (χ4n) is 4.61. The van der Waals surface area contributed by atoms with Crippen molar-refractivity contribution in [2.24, 2.45) is 23.7 Å².